The molecule has 0 amide bonds. The van der Waals surface area contributed by atoms with E-state index in [1.165, 1.54) is 62.9 Å². The summed E-state index contributed by atoms with van der Waals surface area (Å²) in [5, 5.41) is 11.7. The molecule has 1 aromatic carbocycles. The predicted octanol–water partition coefficient (Wildman–Crippen LogP) is 4.12. The minimum absolute atomic E-state index is 0. The van der Waals surface area contributed by atoms with Gasteiger partial charge >= 0.3 is 0 Å². The van der Waals surface area contributed by atoms with Crippen LogP contribution in [-0.4, -0.2) is 28.9 Å². The SMILES string of the molecule is Cl.Cl.c1ccc(-n2cccn2)c(CNC2CCC3(CCNCC3)CC2)c1. The molecule has 4 nitrogen and oxygen atoms in total. The van der Waals surface area contributed by atoms with E-state index in [0.717, 1.165) is 6.54 Å². The Bertz CT molecular complexity index is 644. The van der Waals surface area contributed by atoms with Crippen molar-refractivity contribution in [2.75, 3.05) is 13.1 Å². The molecule has 144 valence electrons. The molecule has 0 radical (unpaired) electrons. The van der Waals surface area contributed by atoms with Crippen molar-refractivity contribution >= 4 is 24.8 Å². The Kier molecular flexibility index (Phi) is 7.96. The fraction of sp³-hybridized carbons (Fsp3) is 0.550. The number of nitrogens with one attached hydrogen (secondary N) is 2. The van der Waals surface area contributed by atoms with Gasteiger partial charge < -0.3 is 10.6 Å². The summed E-state index contributed by atoms with van der Waals surface area (Å²) in [6, 6.07) is 11.2. The number of nitrogens with zero attached hydrogens (tertiary/aromatic N) is 2. The van der Waals surface area contributed by atoms with E-state index in [0.29, 0.717) is 11.5 Å². The smallest absolute Gasteiger partial charge is 0.0690 e. The Hall–Kier alpha value is -1.07. The third kappa shape index (κ3) is 4.80. The molecular weight excluding hydrogens is 367 g/mol. The molecule has 1 saturated carbocycles. The van der Waals surface area contributed by atoms with Crippen molar-refractivity contribution in [2.45, 2.75) is 51.1 Å². The van der Waals surface area contributed by atoms with Crippen molar-refractivity contribution < 1.29 is 0 Å². The number of benzene rings is 1. The summed E-state index contributed by atoms with van der Waals surface area (Å²) in [4.78, 5) is 0. The average molecular weight is 397 g/mol. The van der Waals surface area contributed by atoms with Gasteiger partial charge in [-0.25, -0.2) is 4.68 Å². The molecule has 4 rings (SSSR count). The molecule has 0 unspecified atom stereocenters. The topological polar surface area (TPSA) is 41.9 Å². The normalized spacial score (nSPS) is 19.5. The highest BCUT2D eigenvalue weighted by atomic mass is 35.5. The number of rotatable bonds is 4. The molecule has 2 aliphatic rings. The largest absolute Gasteiger partial charge is 0.317 e. The lowest BCUT2D eigenvalue weighted by atomic mass is 9.67. The van der Waals surface area contributed by atoms with E-state index in [1.807, 2.05) is 23.1 Å². The summed E-state index contributed by atoms with van der Waals surface area (Å²) in [6.45, 7) is 3.36. The highest BCUT2D eigenvalue weighted by molar-refractivity contribution is 5.85. The van der Waals surface area contributed by atoms with Crippen LogP contribution in [0.4, 0.5) is 0 Å². The Morgan fingerprint density at radius 2 is 1.77 bits per heavy atom. The predicted molar refractivity (Wildman–Crippen MR) is 112 cm³/mol. The van der Waals surface area contributed by atoms with Crippen molar-refractivity contribution in [3.05, 3.63) is 48.3 Å². The van der Waals surface area contributed by atoms with Gasteiger partial charge in [-0.1, -0.05) is 18.2 Å². The van der Waals surface area contributed by atoms with E-state index in [2.05, 4.69) is 40.0 Å². The molecule has 2 N–H and O–H groups in total. The van der Waals surface area contributed by atoms with Gasteiger partial charge in [0.25, 0.3) is 0 Å². The van der Waals surface area contributed by atoms with Gasteiger partial charge in [-0.05, 0) is 74.7 Å². The number of aromatic nitrogens is 2. The Balaban J connectivity index is 0.00000121. The lowest BCUT2D eigenvalue weighted by molar-refractivity contribution is 0.115. The standard InChI is InChI=1S/C20H28N4.2ClH/c1-2-5-19(24-15-3-12-23-24)17(4-1)16-22-18-6-8-20(9-7-18)10-13-21-14-11-20;;/h1-5,12,15,18,21-22H,6-11,13-14,16H2;2*1H. The van der Waals surface area contributed by atoms with Gasteiger partial charge in [0.1, 0.15) is 0 Å². The van der Waals surface area contributed by atoms with Gasteiger partial charge in [-0.15, -0.1) is 24.8 Å². The zero-order valence-electron chi connectivity index (χ0n) is 15.2. The van der Waals surface area contributed by atoms with Crippen molar-refractivity contribution in [3.8, 4) is 5.69 Å². The quantitative estimate of drug-likeness (QED) is 0.816. The Morgan fingerprint density at radius 1 is 1.04 bits per heavy atom. The van der Waals surface area contributed by atoms with E-state index < -0.39 is 0 Å². The molecule has 2 aromatic rings. The molecule has 1 aliphatic carbocycles. The van der Waals surface area contributed by atoms with E-state index in [4.69, 9.17) is 0 Å². The number of para-hydroxylation sites is 1. The Labute approximate surface area is 169 Å². The molecule has 1 aliphatic heterocycles. The van der Waals surface area contributed by atoms with Crippen LogP contribution in [0.15, 0.2) is 42.7 Å². The van der Waals surface area contributed by atoms with Gasteiger partial charge in [0, 0.05) is 25.0 Å². The fourth-order valence-corrected chi connectivity index (χ4v) is 4.44. The second kappa shape index (κ2) is 9.75. The van der Waals surface area contributed by atoms with Crippen LogP contribution in [0.3, 0.4) is 0 Å². The summed E-state index contributed by atoms with van der Waals surface area (Å²) in [5.41, 5.74) is 3.15. The number of hydrogen-bond donors (Lipinski definition) is 2. The van der Waals surface area contributed by atoms with E-state index in [-0.39, 0.29) is 24.8 Å². The molecule has 26 heavy (non-hydrogen) atoms. The summed E-state index contributed by atoms with van der Waals surface area (Å²) in [7, 11) is 0. The maximum Gasteiger partial charge on any atom is 0.0690 e. The zero-order valence-corrected chi connectivity index (χ0v) is 16.8. The van der Waals surface area contributed by atoms with Gasteiger partial charge in [0.2, 0.25) is 0 Å². The lowest BCUT2D eigenvalue weighted by Crippen LogP contribution is -2.43. The van der Waals surface area contributed by atoms with Crippen molar-refractivity contribution in [2.24, 2.45) is 5.41 Å². The van der Waals surface area contributed by atoms with Crippen LogP contribution in [0.1, 0.15) is 44.1 Å². The van der Waals surface area contributed by atoms with Gasteiger partial charge in [0.05, 0.1) is 5.69 Å². The maximum atomic E-state index is 4.38. The van der Waals surface area contributed by atoms with Crippen molar-refractivity contribution in [3.63, 3.8) is 0 Å². The first-order chi connectivity index (χ1) is 11.8. The number of hydrogen-bond acceptors (Lipinski definition) is 3. The summed E-state index contributed by atoms with van der Waals surface area (Å²) < 4.78 is 1.96. The van der Waals surface area contributed by atoms with Gasteiger partial charge in [-0.2, -0.15) is 5.10 Å². The van der Waals surface area contributed by atoms with Crippen LogP contribution in [0.25, 0.3) is 5.69 Å². The minimum Gasteiger partial charge on any atom is -0.317 e. The fourth-order valence-electron chi connectivity index (χ4n) is 4.44. The molecule has 1 spiro atoms. The Morgan fingerprint density at radius 3 is 2.46 bits per heavy atom. The second-order valence-electron chi connectivity index (χ2n) is 7.48. The first kappa shape index (κ1) is 21.2. The van der Waals surface area contributed by atoms with E-state index >= 15 is 0 Å². The summed E-state index contributed by atoms with van der Waals surface area (Å²) in [6.07, 6.45) is 12.0. The molecule has 1 saturated heterocycles. The minimum atomic E-state index is 0. The first-order valence-corrected chi connectivity index (χ1v) is 9.37. The lowest BCUT2D eigenvalue weighted by Gasteiger charge is -2.43. The van der Waals surface area contributed by atoms with Crippen LogP contribution >= 0.6 is 24.8 Å². The second-order valence-corrected chi connectivity index (χ2v) is 7.48. The highest BCUT2D eigenvalue weighted by Gasteiger charge is 2.35. The van der Waals surface area contributed by atoms with Crippen LogP contribution in [0, 0.1) is 5.41 Å². The van der Waals surface area contributed by atoms with Crippen LogP contribution in [0.2, 0.25) is 0 Å². The molecular formula is C20H30Cl2N4. The van der Waals surface area contributed by atoms with Gasteiger partial charge in [0.15, 0.2) is 0 Å². The summed E-state index contributed by atoms with van der Waals surface area (Å²) in [5.74, 6) is 0. The third-order valence-corrected chi connectivity index (χ3v) is 6.03. The third-order valence-electron chi connectivity index (χ3n) is 6.03. The zero-order chi connectivity index (χ0) is 16.2. The van der Waals surface area contributed by atoms with E-state index in [9.17, 15) is 0 Å². The van der Waals surface area contributed by atoms with Crippen LogP contribution < -0.4 is 10.6 Å². The van der Waals surface area contributed by atoms with Crippen LogP contribution in [0.5, 0.6) is 0 Å². The van der Waals surface area contributed by atoms with Crippen molar-refractivity contribution in [1.29, 1.82) is 0 Å². The molecule has 2 fully saturated rings. The molecule has 2 heterocycles. The van der Waals surface area contributed by atoms with Crippen LogP contribution in [-0.2, 0) is 6.54 Å². The summed E-state index contributed by atoms with van der Waals surface area (Å²) >= 11 is 0. The number of piperidine rings is 1. The molecule has 0 bridgehead atoms. The molecule has 6 heteroatoms. The maximum absolute atomic E-state index is 4.38. The average Bonchev–Trinajstić information content (AvgIpc) is 3.17. The van der Waals surface area contributed by atoms with Crippen molar-refractivity contribution in [1.82, 2.24) is 20.4 Å². The monoisotopic (exact) mass is 396 g/mol. The van der Waals surface area contributed by atoms with Gasteiger partial charge in [-0.3, -0.25) is 0 Å². The highest BCUT2D eigenvalue weighted by Crippen LogP contribution is 2.43. The van der Waals surface area contributed by atoms with E-state index in [1.54, 1.807) is 0 Å². The molecule has 1 aromatic heterocycles. The first-order valence-electron chi connectivity index (χ1n) is 9.37. The number of halogens is 2. The molecule has 0 atom stereocenters.